The number of amides is 1. The molecule has 1 aliphatic carbocycles. The molecule has 0 N–H and O–H groups in total. The number of rotatable bonds is 2. The average Bonchev–Trinajstić information content (AvgIpc) is 3.00. The van der Waals surface area contributed by atoms with Crippen LogP contribution in [0.25, 0.3) is 0 Å². The van der Waals surface area contributed by atoms with Crippen molar-refractivity contribution in [2.45, 2.75) is 18.9 Å². The Morgan fingerprint density at radius 1 is 1.62 bits per heavy atom. The monoisotopic (exact) mass is 177 g/mol. The fourth-order valence-corrected chi connectivity index (χ4v) is 1.23. The number of aromatic nitrogens is 2. The third kappa shape index (κ3) is 1.66. The molecule has 13 heavy (non-hydrogen) atoms. The quantitative estimate of drug-likeness (QED) is 0.668. The van der Waals surface area contributed by atoms with E-state index in [2.05, 4.69) is 9.97 Å². The third-order valence-corrected chi connectivity index (χ3v) is 2.22. The van der Waals surface area contributed by atoms with Gasteiger partial charge in [-0.3, -0.25) is 4.79 Å². The maximum absolute atomic E-state index is 11.7. The average molecular weight is 177 g/mol. The fraction of sp³-hybridized carbons (Fsp3) is 0.444. The second-order valence-corrected chi connectivity index (χ2v) is 3.24. The molecule has 0 saturated heterocycles. The Labute approximate surface area is 76.6 Å². The zero-order valence-electron chi connectivity index (χ0n) is 7.47. The Morgan fingerprint density at radius 3 is 2.92 bits per heavy atom. The molecular weight excluding hydrogens is 166 g/mol. The van der Waals surface area contributed by atoms with Crippen molar-refractivity contribution >= 4 is 5.91 Å². The molecule has 1 saturated carbocycles. The summed E-state index contributed by atoms with van der Waals surface area (Å²) in [5, 5.41) is 0. The second kappa shape index (κ2) is 3.12. The minimum absolute atomic E-state index is 0.00935. The van der Waals surface area contributed by atoms with Gasteiger partial charge in [0.1, 0.15) is 12.0 Å². The van der Waals surface area contributed by atoms with Crippen molar-refractivity contribution in [3.8, 4) is 0 Å². The minimum Gasteiger partial charge on any atom is -0.337 e. The van der Waals surface area contributed by atoms with Crippen LogP contribution in [0.4, 0.5) is 0 Å². The van der Waals surface area contributed by atoms with E-state index < -0.39 is 0 Å². The van der Waals surface area contributed by atoms with Crippen LogP contribution in [-0.2, 0) is 0 Å². The Morgan fingerprint density at radius 2 is 2.38 bits per heavy atom. The van der Waals surface area contributed by atoms with E-state index in [4.69, 9.17) is 0 Å². The Bertz CT molecular complexity index is 308. The molecule has 0 bridgehead atoms. The molecule has 1 aliphatic rings. The molecular formula is C9H11N3O. The van der Waals surface area contributed by atoms with Gasteiger partial charge in [0, 0.05) is 19.3 Å². The highest BCUT2D eigenvalue weighted by Gasteiger charge is 2.30. The highest BCUT2D eigenvalue weighted by Crippen LogP contribution is 2.26. The summed E-state index contributed by atoms with van der Waals surface area (Å²) >= 11 is 0. The maximum Gasteiger partial charge on any atom is 0.272 e. The molecule has 1 heterocycles. The summed E-state index contributed by atoms with van der Waals surface area (Å²) in [5.74, 6) is -0.00935. The van der Waals surface area contributed by atoms with Gasteiger partial charge in [0.05, 0.1) is 0 Å². The first-order valence-electron chi connectivity index (χ1n) is 4.32. The van der Waals surface area contributed by atoms with Gasteiger partial charge in [-0.1, -0.05) is 0 Å². The number of hydrogen-bond acceptors (Lipinski definition) is 3. The van der Waals surface area contributed by atoms with Crippen molar-refractivity contribution in [1.82, 2.24) is 14.9 Å². The third-order valence-electron chi connectivity index (χ3n) is 2.22. The Balaban J connectivity index is 2.12. The first kappa shape index (κ1) is 8.16. The van der Waals surface area contributed by atoms with Crippen LogP contribution in [0.15, 0.2) is 18.6 Å². The molecule has 0 aliphatic heterocycles. The van der Waals surface area contributed by atoms with Gasteiger partial charge in [0.15, 0.2) is 0 Å². The van der Waals surface area contributed by atoms with Crippen LogP contribution in [0.1, 0.15) is 23.3 Å². The largest absolute Gasteiger partial charge is 0.337 e. The topological polar surface area (TPSA) is 46.1 Å². The summed E-state index contributed by atoms with van der Waals surface area (Å²) in [4.78, 5) is 21.1. The zero-order valence-corrected chi connectivity index (χ0v) is 7.47. The van der Waals surface area contributed by atoms with E-state index in [-0.39, 0.29) is 5.91 Å². The van der Waals surface area contributed by atoms with Crippen molar-refractivity contribution in [2.24, 2.45) is 0 Å². The van der Waals surface area contributed by atoms with E-state index in [1.165, 1.54) is 6.33 Å². The molecule has 1 aromatic heterocycles. The van der Waals surface area contributed by atoms with E-state index in [1.807, 2.05) is 7.05 Å². The van der Waals surface area contributed by atoms with Crippen molar-refractivity contribution < 1.29 is 4.79 Å². The van der Waals surface area contributed by atoms with E-state index in [0.29, 0.717) is 11.7 Å². The molecule has 1 aromatic rings. The SMILES string of the molecule is CN(C(=O)c1ccncn1)C1CC1. The summed E-state index contributed by atoms with van der Waals surface area (Å²) in [5.41, 5.74) is 0.476. The standard InChI is InChI=1S/C9H11N3O/c1-12(7-2-3-7)9(13)8-4-5-10-6-11-8/h4-7H,2-3H2,1H3. The second-order valence-electron chi connectivity index (χ2n) is 3.24. The molecule has 2 rings (SSSR count). The van der Waals surface area contributed by atoms with Gasteiger partial charge >= 0.3 is 0 Å². The molecule has 0 radical (unpaired) electrons. The Hall–Kier alpha value is -1.45. The van der Waals surface area contributed by atoms with Crippen molar-refractivity contribution in [2.75, 3.05) is 7.05 Å². The summed E-state index contributed by atoms with van der Waals surface area (Å²) in [6, 6.07) is 2.07. The fourth-order valence-electron chi connectivity index (χ4n) is 1.23. The van der Waals surface area contributed by atoms with E-state index >= 15 is 0 Å². The number of nitrogens with zero attached hydrogens (tertiary/aromatic N) is 3. The smallest absolute Gasteiger partial charge is 0.272 e. The Kier molecular flexibility index (Phi) is 1.96. The molecule has 0 unspecified atom stereocenters. The van der Waals surface area contributed by atoms with Gasteiger partial charge in [-0.15, -0.1) is 0 Å². The van der Waals surface area contributed by atoms with Crippen molar-refractivity contribution in [3.63, 3.8) is 0 Å². The van der Waals surface area contributed by atoms with E-state index in [0.717, 1.165) is 12.8 Å². The number of carbonyl (C=O) groups is 1. The molecule has 4 nitrogen and oxygen atoms in total. The number of hydrogen-bond donors (Lipinski definition) is 0. The predicted molar refractivity (Wildman–Crippen MR) is 47.1 cm³/mol. The molecule has 68 valence electrons. The van der Waals surface area contributed by atoms with Gasteiger partial charge in [-0.25, -0.2) is 9.97 Å². The molecule has 0 aromatic carbocycles. The zero-order chi connectivity index (χ0) is 9.26. The molecule has 4 heteroatoms. The van der Waals surface area contributed by atoms with E-state index in [1.54, 1.807) is 17.2 Å². The van der Waals surface area contributed by atoms with Crippen LogP contribution in [0.2, 0.25) is 0 Å². The van der Waals surface area contributed by atoms with Crippen molar-refractivity contribution in [3.05, 3.63) is 24.3 Å². The molecule has 1 fully saturated rings. The molecule has 1 amide bonds. The first-order chi connectivity index (χ1) is 6.29. The van der Waals surface area contributed by atoms with Gasteiger partial charge < -0.3 is 4.90 Å². The van der Waals surface area contributed by atoms with Gasteiger partial charge in [-0.2, -0.15) is 0 Å². The van der Waals surface area contributed by atoms with Crippen LogP contribution >= 0.6 is 0 Å². The first-order valence-corrected chi connectivity index (χ1v) is 4.32. The normalized spacial score (nSPS) is 15.5. The van der Waals surface area contributed by atoms with Crippen molar-refractivity contribution in [1.29, 1.82) is 0 Å². The lowest BCUT2D eigenvalue weighted by Crippen LogP contribution is -2.29. The van der Waals surface area contributed by atoms with Gasteiger partial charge in [0.2, 0.25) is 0 Å². The highest BCUT2D eigenvalue weighted by molar-refractivity contribution is 5.92. The van der Waals surface area contributed by atoms with Crippen LogP contribution < -0.4 is 0 Å². The van der Waals surface area contributed by atoms with Crippen LogP contribution in [-0.4, -0.2) is 33.9 Å². The molecule has 0 atom stereocenters. The summed E-state index contributed by atoms with van der Waals surface area (Å²) in [6.45, 7) is 0. The van der Waals surface area contributed by atoms with Gasteiger partial charge in [0.25, 0.3) is 5.91 Å². The minimum atomic E-state index is -0.00935. The summed E-state index contributed by atoms with van der Waals surface area (Å²) in [6.07, 6.45) is 5.22. The summed E-state index contributed by atoms with van der Waals surface area (Å²) in [7, 11) is 1.82. The van der Waals surface area contributed by atoms with E-state index in [9.17, 15) is 4.79 Å². The summed E-state index contributed by atoms with van der Waals surface area (Å²) < 4.78 is 0. The van der Waals surface area contributed by atoms with Crippen LogP contribution in [0.3, 0.4) is 0 Å². The molecule has 0 spiro atoms. The highest BCUT2D eigenvalue weighted by atomic mass is 16.2. The van der Waals surface area contributed by atoms with Crippen LogP contribution in [0.5, 0.6) is 0 Å². The van der Waals surface area contributed by atoms with Crippen LogP contribution in [0, 0.1) is 0 Å². The van der Waals surface area contributed by atoms with Gasteiger partial charge in [-0.05, 0) is 18.9 Å². The lowest BCUT2D eigenvalue weighted by molar-refractivity contribution is 0.0779. The predicted octanol–water partition coefficient (Wildman–Crippen LogP) is 0.711. The number of carbonyl (C=O) groups excluding carboxylic acids is 1. The lowest BCUT2D eigenvalue weighted by atomic mass is 10.3. The maximum atomic E-state index is 11.7. The lowest BCUT2D eigenvalue weighted by Gasteiger charge is -2.14.